The highest BCUT2D eigenvalue weighted by molar-refractivity contribution is 6.71. The number of carbonyl (C=O) groups is 3. The minimum Gasteiger partial charge on any atom is -0.497 e. The molecule has 1 saturated heterocycles. The molecule has 0 radical (unpaired) electrons. The van der Waals surface area contributed by atoms with Crippen LogP contribution in [0.15, 0.2) is 42.5 Å². The van der Waals surface area contributed by atoms with Crippen molar-refractivity contribution in [3.05, 3.63) is 53.6 Å². The molecule has 2 aromatic carbocycles. The van der Waals surface area contributed by atoms with Gasteiger partial charge in [-0.3, -0.25) is 14.4 Å². The molecule has 0 unspecified atom stereocenters. The van der Waals surface area contributed by atoms with Crippen LogP contribution in [0.5, 0.6) is 5.75 Å². The minimum absolute atomic E-state index is 0.134. The van der Waals surface area contributed by atoms with Gasteiger partial charge in [-0.1, -0.05) is 6.92 Å². The molecule has 1 spiro atoms. The summed E-state index contributed by atoms with van der Waals surface area (Å²) in [4.78, 5) is 51.9. The summed E-state index contributed by atoms with van der Waals surface area (Å²) in [5.74, 6) is -0.596. The van der Waals surface area contributed by atoms with Crippen molar-refractivity contribution in [3.8, 4) is 5.75 Å². The molecule has 0 aliphatic carbocycles. The van der Waals surface area contributed by atoms with E-state index in [0.717, 1.165) is 0 Å². The Kier molecular flexibility index (Phi) is 9.22. The average molecular weight is 585 g/mol. The predicted octanol–water partition coefficient (Wildman–Crippen LogP) is 3.82. The Morgan fingerprint density at radius 2 is 1.83 bits per heavy atom. The lowest BCUT2D eigenvalue weighted by molar-refractivity contribution is -0.146. The number of nitrogens with zero attached hydrogens (tertiary/aromatic N) is 1. The van der Waals surface area contributed by atoms with E-state index < -0.39 is 20.0 Å². The van der Waals surface area contributed by atoms with Gasteiger partial charge in [0.1, 0.15) is 5.75 Å². The van der Waals surface area contributed by atoms with E-state index >= 15 is 0 Å². The number of hydrogen-bond acceptors (Lipinski definition) is 8. The summed E-state index contributed by atoms with van der Waals surface area (Å²) in [5, 5.41) is 12.7. The molecular formula is C30H40N2O8Si. The van der Waals surface area contributed by atoms with Gasteiger partial charge >= 0.3 is 5.97 Å². The predicted molar refractivity (Wildman–Crippen MR) is 156 cm³/mol. The van der Waals surface area contributed by atoms with E-state index in [1.165, 1.54) is 7.11 Å². The van der Waals surface area contributed by atoms with E-state index in [1.54, 1.807) is 54.5 Å². The lowest BCUT2D eigenvalue weighted by atomic mass is 9.82. The van der Waals surface area contributed by atoms with Gasteiger partial charge in [0.05, 0.1) is 26.0 Å². The van der Waals surface area contributed by atoms with Crippen molar-refractivity contribution in [2.24, 2.45) is 5.92 Å². The van der Waals surface area contributed by atoms with Gasteiger partial charge in [-0.25, -0.2) is 0 Å². The molecule has 11 heteroatoms. The number of rotatable bonds is 11. The number of hydrogen-bond donors (Lipinski definition) is 3. The number of unbranched alkanes of at least 4 members (excludes halogenated alkanes) is 1. The quantitative estimate of drug-likeness (QED) is 0.206. The third-order valence-electron chi connectivity index (χ3n) is 8.25. The number of anilines is 2. The molecule has 41 heavy (non-hydrogen) atoms. The normalized spacial score (nSPS) is 23.5. The molecule has 10 nitrogen and oxygen atoms in total. The van der Waals surface area contributed by atoms with Crippen molar-refractivity contribution < 1.29 is 38.5 Å². The van der Waals surface area contributed by atoms with E-state index in [1.807, 2.05) is 20.0 Å². The number of aliphatic hydroxyl groups excluding tert-OH is 1. The van der Waals surface area contributed by atoms with Crippen LogP contribution in [0.25, 0.3) is 0 Å². The number of fused-ring (bicyclic) bond motifs is 2. The third-order valence-corrected chi connectivity index (χ3v) is 10.8. The highest BCUT2D eigenvalue weighted by Crippen LogP contribution is 2.59. The van der Waals surface area contributed by atoms with Crippen molar-refractivity contribution in [2.45, 2.75) is 62.9 Å². The molecule has 4 atom stereocenters. The van der Waals surface area contributed by atoms with Gasteiger partial charge in [0.15, 0.2) is 13.9 Å². The first-order valence-corrected chi connectivity index (χ1v) is 17.0. The number of ether oxygens (including phenoxy) is 3. The van der Waals surface area contributed by atoms with Crippen molar-refractivity contribution in [3.63, 3.8) is 0 Å². The largest absolute Gasteiger partial charge is 0.497 e. The Balaban J connectivity index is 1.70. The van der Waals surface area contributed by atoms with Crippen molar-refractivity contribution >= 4 is 37.5 Å². The summed E-state index contributed by atoms with van der Waals surface area (Å²) in [7, 11) is 0.0734. The number of methoxy groups -OCH3 is 2. The van der Waals surface area contributed by atoms with Gasteiger partial charge in [-0.15, -0.1) is 0 Å². The molecule has 2 aromatic rings. The fourth-order valence-corrected chi connectivity index (χ4v) is 8.96. The maximum Gasteiger partial charge on any atom is 0.305 e. The van der Waals surface area contributed by atoms with E-state index in [-0.39, 0.29) is 42.3 Å². The summed E-state index contributed by atoms with van der Waals surface area (Å²) < 4.78 is 16.5. The van der Waals surface area contributed by atoms with Gasteiger partial charge in [0.2, 0.25) is 0 Å². The zero-order valence-corrected chi connectivity index (χ0v) is 25.3. The smallest absolute Gasteiger partial charge is 0.305 e. The molecule has 222 valence electrons. The van der Waals surface area contributed by atoms with Gasteiger partial charge in [0.25, 0.3) is 11.8 Å². The highest BCUT2D eigenvalue weighted by atomic mass is 28.4. The first-order valence-electron chi connectivity index (χ1n) is 14.0. The van der Waals surface area contributed by atoms with Crippen LogP contribution in [-0.2, 0) is 24.7 Å². The zero-order chi connectivity index (χ0) is 29.9. The minimum atomic E-state index is -2.83. The van der Waals surface area contributed by atoms with Crippen LogP contribution in [0.3, 0.4) is 0 Å². The molecule has 2 aliphatic heterocycles. The first-order chi connectivity index (χ1) is 19.5. The Labute approximate surface area is 241 Å². The van der Waals surface area contributed by atoms with Crippen molar-refractivity contribution in [2.75, 3.05) is 37.6 Å². The number of amides is 2. The molecule has 0 aromatic heterocycles. The zero-order valence-electron chi connectivity index (χ0n) is 24.3. The molecule has 0 saturated carbocycles. The van der Waals surface area contributed by atoms with Gasteiger partial charge in [-0.2, -0.15) is 0 Å². The summed E-state index contributed by atoms with van der Waals surface area (Å²) in [6, 6.07) is 12.1. The van der Waals surface area contributed by atoms with Gasteiger partial charge < -0.3 is 34.3 Å². The number of nitrogens with one attached hydrogen (secondary N) is 1. The van der Waals surface area contributed by atoms with E-state index in [4.69, 9.17) is 14.2 Å². The fraction of sp³-hybridized carbons (Fsp3) is 0.500. The van der Waals surface area contributed by atoms with Crippen LogP contribution in [0, 0.1) is 5.92 Å². The van der Waals surface area contributed by atoms with E-state index in [0.29, 0.717) is 54.1 Å². The Bertz CT molecular complexity index is 1280. The van der Waals surface area contributed by atoms with Gasteiger partial charge in [0, 0.05) is 47.8 Å². The van der Waals surface area contributed by atoms with Crippen molar-refractivity contribution in [1.82, 2.24) is 0 Å². The van der Waals surface area contributed by atoms with Crippen LogP contribution >= 0.6 is 0 Å². The topological polar surface area (TPSA) is 135 Å². The van der Waals surface area contributed by atoms with Crippen LogP contribution in [0.4, 0.5) is 11.4 Å². The second kappa shape index (κ2) is 12.3. The van der Waals surface area contributed by atoms with Crippen LogP contribution < -0.4 is 15.0 Å². The van der Waals surface area contributed by atoms with Gasteiger partial charge in [-0.05, 0) is 74.8 Å². The Morgan fingerprint density at radius 1 is 1.12 bits per heavy atom. The standard InChI is InChI=1S/C30H40N2O8Si/c1-19-27(41(4,5)37)25(15-17-33)40-30(19)23-18-21(31-28(35)20-9-12-22(38-2)13-10-20)11-14-24(23)32(29(30)36)16-7-6-8-26(34)39-3/h9-14,18-19,25,27,33,37H,6-8,15-17H2,1-5H3,(H,31,35)/t19-,25+,27-,30+/m1/s1. The van der Waals surface area contributed by atoms with E-state index in [2.05, 4.69) is 5.32 Å². The van der Waals surface area contributed by atoms with Crippen molar-refractivity contribution in [1.29, 1.82) is 0 Å². The molecule has 2 amide bonds. The number of aliphatic hydroxyl groups is 1. The molecule has 1 fully saturated rings. The summed E-state index contributed by atoms with van der Waals surface area (Å²) in [5.41, 5.74) is 0.565. The summed E-state index contributed by atoms with van der Waals surface area (Å²) in [6.07, 6.45) is 1.17. The third kappa shape index (κ3) is 5.90. The maximum atomic E-state index is 14.3. The number of esters is 1. The van der Waals surface area contributed by atoms with Crippen LogP contribution in [0.2, 0.25) is 18.6 Å². The number of carbonyl (C=O) groups excluding carboxylic acids is 3. The molecule has 3 N–H and O–H groups in total. The molecule has 2 heterocycles. The number of benzene rings is 2. The molecule has 0 bridgehead atoms. The lowest BCUT2D eigenvalue weighted by Crippen LogP contribution is -2.46. The first kappa shape index (κ1) is 30.7. The molecule has 2 aliphatic rings. The van der Waals surface area contributed by atoms with E-state index in [9.17, 15) is 24.3 Å². The average Bonchev–Trinajstić information content (AvgIpc) is 3.37. The molecular weight excluding hydrogens is 544 g/mol. The Morgan fingerprint density at radius 3 is 2.44 bits per heavy atom. The fourth-order valence-electron chi connectivity index (χ4n) is 6.36. The summed E-state index contributed by atoms with van der Waals surface area (Å²) >= 11 is 0. The SMILES string of the molecule is COC(=O)CCCCN1C(=O)[C@@]2(O[C@@H](CCO)[C@H]([Si](C)(C)O)[C@H]2C)c2cc(NC(=O)c3ccc(OC)cc3)ccc21. The Hall–Kier alpha value is -3.25. The second-order valence-electron chi connectivity index (χ2n) is 11.3. The molecule has 4 rings (SSSR count). The maximum absolute atomic E-state index is 14.3. The van der Waals surface area contributed by atoms with Crippen LogP contribution in [-0.4, -0.2) is 69.5 Å². The van der Waals surface area contributed by atoms with Crippen LogP contribution in [0.1, 0.15) is 48.5 Å². The lowest BCUT2D eigenvalue weighted by Gasteiger charge is -2.32. The summed E-state index contributed by atoms with van der Waals surface area (Å²) in [6.45, 7) is 5.82. The monoisotopic (exact) mass is 584 g/mol. The highest BCUT2D eigenvalue weighted by Gasteiger charge is 2.66. The second-order valence-corrected chi connectivity index (χ2v) is 15.3.